The average molecular weight is 267 g/mol. The number of anilines is 2. The van der Waals surface area contributed by atoms with Crippen LogP contribution in [0.3, 0.4) is 0 Å². The minimum Gasteiger partial charge on any atom is -0.373 e. The molecule has 0 saturated heterocycles. The van der Waals surface area contributed by atoms with E-state index in [9.17, 15) is 0 Å². The Labute approximate surface area is 108 Å². The van der Waals surface area contributed by atoms with E-state index in [1.165, 1.54) is 11.8 Å². The van der Waals surface area contributed by atoms with E-state index < -0.39 is 0 Å². The van der Waals surface area contributed by atoms with E-state index in [0.717, 1.165) is 22.5 Å². The predicted molar refractivity (Wildman–Crippen MR) is 72.8 cm³/mol. The second kappa shape index (κ2) is 5.83. The van der Waals surface area contributed by atoms with Gasteiger partial charge in [0.05, 0.1) is 17.7 Å². The fraction of sp³-hybridized carbons (Fsp3) is 0.300. The highest BCUT2D eigenvalue weighted by atomic mass is 32.2. The van der Waals surface area contributed by atoms with E-state index in [-0.39, 0.29) is 0 Å². The van der Waals surface area contributed by atoms with Crippen molar-refractivity contribution in [1.29, 1.82) is 0 Å². The van der Waals surface area contributed by atoms with Crippen LogP contribution in [0.5, 0.6) is 0 Å². The number of hydrogen-bond donors (Lipinski definition) is 2. The number of rotatable bonds is 5. The molecule has 0 fully saturated rings. The van der Waals surface area contributed by atoms with Gasteiger partial charge in [-0.1, -0.05) is 11.8 Å². The lowest BCUT2D eigenvalue weighted by atomic mass is 10.4. The average Bonchev–Trinajstić information content (AvgIpc) is 2.89. The molecule has 0 radical (unpaired) electrons. The summed E-state index contributed by atoms with van der Waals surface area (Å²) in [6, 6.07) is 1.88. The van der Waals surface area contributed by atoms with Gasteiger partial charge in [0.1, 0.15) is 11.6 Å². The van der Waals surface area contributed by atoms with Crippen LogP contribution in [0, 0.1) is 0 Å². The Bertz CT molecular complexity index is 449. The van der Waals surface area contributed by atoms with Crippen LogP contribution in [0.1, 0.15) is 5.69 Å². The quantitative estimate of drug-likeness (QED) is 0.640. The number of nitrogens with one attached hydrogen (secondary N) is 2. The van der Waals surface area contributed by atoms with E-state index in [0.29, 0.717) is 6.54 Å². The molecule has 0 unspecified atom stereocenters. The third kappa shape index (κ3) is 3.31. The molecule has 17 heavy (non-hydrogen) atoms. The molecule has 0 spiro atoms. The van der Waals surface area contributed by atoms with Crippen molar-refractivity contribution in [2.45, 2.75) is 11.7 Å². The lowest BCUT2D eigenvalue weighted by molar-refractivity contribution is 0.951. The first-order valence-electron chi connectivity index (χ1n) is 5.03. The van der Waals surface area contributed by atoms with Crippen LogP contribution in [0.4, 0.5) is 11.6 Å². The molecule has 0 aliphatic rings. The fourth-order valence-corrected chi connectivity index (χ4v) is 2.18. The largest absolute Gasteiger partial charge is 0.373 e. The first-order chi connectivity index (χ1) is 8.31. The monoisotopic (exact) mass is 267 g/mol. The first-order valence-corrected chi connectivity index (χ1v) is 7.20. The standard InChI is InChI=1S/C10H13N5S2/c1-11-8-3-9(15-10(14-8)16-2)12-4-7-5-17-6-13-7/h3,5-6H,4H2,1-2H3,(H2,11,12,14,15). The summed E-state index contributed by atoms with van der Waals surface area (Å²) in [7, 11) is 1.84. The SMILES string of the molecule is CNc1cc(NCc2cscn2)nc(SC)n1. The van der Waals surface area contributed by atoms with Gasteiger partial charge in [0, 0.05) is 18.5 Å². The fourth-order valence-electron chi connectivity index (χ4n) is 1.24. The smallest absolute Gasteiger partial charge is 0.191 e. The zero-order valence-corrected chi connectivity index (χ0v) is 11.2. The number of hydrogen-bond acceptors (Lipinski definition) is 7. The minimum atomic E-state index is 0.678. The molecule has 90 valence electrons. The van der Waals surface area contributed by atoms with Crippen molar-refractivity contribution in [3.63, 3.8) is 0 Å². The molecule has 2 aromatic heterocycles. The predicted octanol–water partition coefficient (Wildman–Crippen LogP) is 2.31. The normalized spacial score (nSPS) is 10.2. The van der Waals surface area contributed by atoms with Crippen molar-refractivity contribution in [2.75, 3.05) is 23.9 Å². The molecule has 2 rings (SSSR count). The summed E-state index contributed by atoms with van der Waals surface area (Å²) in [5.41, 5.74) is 2.84. The highest BCUT2D eigenvalue weighted by molar-refractivity contribution is 7.98. The maximum absolute atomic E-state index is 4.38. The summed E-state index contributed by atoms with van der Waals surface area (Å²) in [6.07, 6.45) is 1.96. The van der Waals surface area contributed by atoms with Gasteiger partial charge >= 0.3 is 0 Å². The van der Waals surface area contributed by atoms with Crippen LogP contribution in [-0.2, 0) is 6.54 Å². The summed E-state index contributed by atoms with van der Waals surface area (Å²) in [5, 5.41) is 9.02. The highest BCUT2D eigenvalue weighted by Gasteiger charge is 2.03. The van der Waals surface area contributed by atoms with Crippen molar-refractivity contribution in [2.24, 2.45) is 0 Å². The van der Waals surface area contributed by atoms with Gasteiger partial charge < -0.3 is 10.6 Å². The molecular weight excluding hydrogens is 254 g/mol. The molecule has 0 atom stereocenters. The third-order valence-corrected chi connectivity index (χ3v) is 3.26. The molecule has 0 aliphatic heterocycles. The molecule has 0 bridgehead atoms. The molecule has 0 amide bonds. The van der Waals surface area contributed by atoms with Gasteiger partial charge in [-0.2, -0.15) is 0 Å². The molecule has 2 N–H and O–H groups in total. The summed E-state index contributed by atoms with van der Waals surface area (Å²) in [5.74, 6) is 1.62. The molecule has 2 heterocycles. The van der Waals surface area contributed by atoms with Crippen LogP contribution in [-0.4, -0.2) is 28.3 Å². The number of aromatic nitrogens is 3. The van der Waals surface area contributed by atoms with E-state index in [1.807, 2.05) is 30.3 Å². The van der Waals surface area contributed by atoms with Crippen LogP contribution >= 0.6 is 23.1 Å². The molecule has 0 aromatic carbocycles. The summed E-state index contributed by atoms with van der Waals surface area (Å²) in [4.78, 5) is 12.9. The first kappa shape index (κ1) is 12.1. The molecule has 2 aromatic rings. The zero-order valence-electron chi connectivity index (χ0n) is 9.60. The Balaban J connectivity index is 2.09. The van der Waals surface area contributed by atoms with Crippen LogP contribution in [0.25, 0.3) is 0 Å². The molecular formula is C10H13N5S2. The van der Waals surface area contributed by atoms with Crippen molar-refractivity contribution < 1.29 is 0 Å². The minimum absolute atomic E-state index is 0.678. The van der Waals surface area contributed by atoms with Crippen LogP contribution < -0.4 is 10.6 Å². The number of thioether (sulfide) groups is 1. The van der Waals surface area contributed by atoms with Gasteiger partial charge in [0.25, 0.3) is 0 Å². The topological polar surface area (TPSA) is 62.7 Å². The van der Waals surface area contributed by atoms with E-state index in [2.05, 4.69) is 25.6 Å². The van der Waals surface area contributed by atoms with Gasteiger partial charge in [-0.3, -0.25) is 0 Å². The lowest BCUT2D eigenvalue weighted by Gasteiger charge is -2.07. The van der Waals surface area contributed by atoms with Gasteiger partial charge in [-0.25, -0.2) is 15.0 Å². The molecule has 0 saturated carbocycles. The summed E-state index contributed by atoms with van der Waals surface area (Å²) in [6.45, 7) is 0.678. The van der Waals surface area contributed by atoms with Crippen LogP contribution in [0.2, 0.25) is 0 Å². The maximum atomic E-state index is 4.38. The Morgan fingerprint density at radius 3 is 2.82 bits per heavy atom. The highest BCUT2D eigenvalue weighted by Crippen LogP contribution is 2.17. The summed E-state index contributed by atoms with van der Waals surface area (Å²) < 4.78 is 0. The molecule has 7 heteroatoms. The Morgan fingerprint density at radius 1 is 1.35 bits per heavy atom. The number of thiazole rings is 1. The Hall–Kier alpha value is -1.34. The lowest BCUT2D eigenvalue weighted by Crippen LogP contribution is -2.04. The van der Waals surface area contributed by atoms with E-state index >= 15 is 0 Å². The second-order valence-electron chi connectivity index (χ2n) is 3.21. The number of nitrogens with zero attached hydrogens (tertiary/aromatic N) is 3. The van der Waals surface area contributed by atoms with Crippen molar-refractivity contribution in [1.82, 2.24) is 15.0 Å². The zero-order chi connectivity index (χ0) is 12.1. The summed E-state index contributed by atoms with van der Waals surface area (Å²) >= 11 is 3.11. The van der Waals surface area contributed by atoms with E-state index in [1.54, 1.807) is 11.3 Å². The van der Waals surface area contributed by atoms with Crippen molar-refractivity contribution >= 4 is 34.7 Å². The van der Waals surface area contributed by atoms with Gasteiger partial charge in [-0.15, -0.1) is 11.3 Å². The molecule has 0 aliphatic carbocycles. The van der Waals surface area contributed by atoms with Gasteiger partial charge in [-0.05, 0) is 6.26 Å². The van der Waals surface area contributed by atoms with Crippen molar-refractivity contribution in [3.05, 3.63) is 22.7 Å². The van der Waals surface area contributed by atoms with Gasteiger partial charge in [0.15, 0.2) is 5.16 Å². The van der Waals surface area contributed by atoms with E-state index in [4.69, 9.17) is 0 Å². The Kier molecular flexibility index (Phi) is 4.16. The second-order valence-corrected chi connectivity index (χ2v) is 4.70. The van der Waals surface area contributed by atoms with Gasteiger partial charge in [0.2, 0.25) is 0 Å². The molecule has 5 nitrogen and oxygen atoms in total. The van der Waals surface area contributed by atoms with Crippen molar-refractivity contribution in [3.8, 4) is 0 Å². The Morgan fingerprint density at radius 2 is 2.18 bits per heavy atom. The van der Waals surface area contributed by atoms with Crippen LogP contribution in [0.15, 0.2) is 22.1 Å². The maximum Gasteiger partial charge on any atom is 0.191 e. The third-order valence-electron chi connectivity index (χ3n) is 2.08.